The molecule has 0 spiro atoms. The van der Waals surface area contributed by atoms with Crippen LogP contribution in [0.4, 0.5) is 10.5 Å². The zero-order chi connectivity index (χ0) is 8.97. The van der Waals surface area contributed by atoms with E-state index in [1.165, 1.54) is 6.07 Å². The summed E-state index contributed by atoms with van der Waals surface area (Å²) in [7, 11) is 0. The standard InChI is InChI=1S/C7H9N3O2/c8-10-7(12)9-5-3-1-2-4-6(5)11/h1-4,11H,8H2,(H2,9,10,12). The number of phenols is 1. The summed E-state index contributed by atoms with van der Waals surface area (Å²) in [4.78, 5) is 10.7. The highest BCUT2D eigenvalue weighted by Crippen LogP contribution is 2.20. The average molecular weight is 167 g/mol. The van der Waals surface area contributed by atoms with Crippen molar-refractivity contribution in [2.24, 2.45) is 5.84 Å². The molecular weight excluding hydrogens is 158 g/mol. The first-order valence-electron chi connectivity index (χ1n) is 3.29. The molecule has 0 aliphatic heterocycles. The molecule has 0 saturated carbocycles. The molecule has 5 heteroatoms. The van der Waals surface area contributed by atoms with Crippen LogP contribution in [-0.2, 0) is 0 Å². The molecule has 12 heavy (non-hydrogen) atoms. The second-order valence-electron chi connectivity index (χ2n) is 2.12. The van der Waals surface area contributed by atoms with Crippen LogP contribution in [0.15, 0.2) is 24.3 Å². The predicted octanol–water partition coefficient (Wildman–Crippen LogP) is 0.387. The van der Waals surface area contributed by atoms with Crippen molar-refractivity contribution in [3.63, 3.8) is 0 Å². The van der Waals surface area contributed by atoms with Crippen molar-refractivity contribution in [2.45, 2.75) is 0 Å². The molecule has 5 N–H and O–H groups in total. The normalized spacial score (nSPS) is 9.08. The molecule has 0 aliphatic carbocycles. The lowest BCUT2D eigenvalue weighted by molar-refractivity contribution is 0.252. The Hall–Kier alpha value is -1.75. The summed E-state index contributed by atoms with van der Waals surface area (Å²) in [5.41, 5.74) is 2.20. The van der Waals surface area contributed by atoms with Crippen LogP contribution >= 0.6 is 0 Å². The van der Waals surface area contributed by atoms with E-state index in [4.69, 9.17) is 5.84 Å². The van der Waals surface area contributed by atoms with Gasteiger partial charge in [-0.25, -0.2) is 10.6 Å². The fourth-order valence-electron chi connectivity index (χ4n) is 0.738. The molecule has 0 aliphatic rings. The van der Waals surface area contributed by atoms with Gasteiger partial charge in [0.05, 0.1) is 5.69 Å². The van der Waals surface area contributed by atoms with Gasteiger partial charge >= 0.3 is 6.03 Å². The number of phenolic OH excluding ortho intramolecular Hbond substituents is 1. The van der Waals surface area contributed by atoms with Gasteiger partial charge in [-0.05, 0) is 12.1 Å². The predicted molar refractivity (Wildman–Crippen MR) is 44.4 cm³/mol. The molecule has 0 fully saturated rings. The lowest BCUT2D eigenvalue weighted by Gasteiger charge is -2.04. The molecule has 5 nitrogen and oxygen atoms in total. The van der Waals surface area contributed by atoms with Gasteiger partial charge in [0.1, 0.15) is 5.75 Å². The Balaban J connectivity index is 2.75. The van der Waals surface area contributed by atoms with Gasteiger partial charge in [0, 0.05) is 0 Å². The molecule has 0 atom stereocenters. The number of hydrogen-bond acceptors (Lipinski definition) is 3. The molecule has 1 aromatic carbocycles. The minimum atomic E-state index is -0.573. The second kappa shape index (κ2) is 3.59. The van der Waals surface area contributed by atoms with Crippen LogP contribution in [-0.4, -0.2) is 11.1 Å². The van der Waals surface area contributed by atoms with Gasteiger partial charge < -0.3 is 10.4 Å². The van der Waals surface area contributed by atoms with E-state index in [-0.39, 0.29) is 5.75 Å². The highest BCUT2D eigenvalue weighted by molar-refractivity contribution is 5.90. The smallest absolute Gasteiger partial charge is 0.333 e. The lowest BCUT2D eigenvalue weighted by atomic mass is 10.3. The number of carbonyl (C=O) groups excluding carboxylic acids is 1. The zero-order valence-corrected chi connectivity index (χ0v) is 6.24. The lowest BCUT2D eigenvalue weighted by Crippen LogP contribution is -2.34. The minimum absolute atomic E-state index is 0.00102. The Kier molecular flexibility index (Phi) is 2.49. The summed E-state index contributed by atoms with van der Waals surface area (Å²) < 4.78 is 0. The molecule has 2 amide bonds. The van der Waals surface area contributed by atoms with E-state index >= 15 is 0 Å². The Morgan fingerprint density at radius 2 is 2.08 bits per heavy atom. The summed E-state index contributed by atoms with van der Waals surface area (Å²) in [5.74, 6) is 4.83. The SMILES string of the molecule is NNC(=O)Nc1ccccc1O. The van der Waals surface area contributed by atoms with Crippen LogP contribution in [0, 0.1) is 0 Å². The Labute approximate surface area is 69.2 Å². The van der Waals surface area contributed by atoms with Crippen LogP contribution in [0.3, 0.4) is 0 Å². The second-order valence-corrected chi connectivity index (χ2v) is 2.12. The number of amides is 2. The van der Waals surface area contributed by atoms with E-state index in [9.17, 15) is 9.90 Å². The van der Waals surface area contributed by atoms with Crippen molar-refractivity contribution in [3.05, 3.63) is 24.3 Å². The number of rotatable bonds is 1. The first-order chi connectivity index (χ1) is 5.74. The molecule has 0 heterocycles. The van der Waals surface area contributed by atoms with Gasteiger partial charge in [-0.3, -0.25) is 5.43 Å². The van der Waals surface area contributed by atoms with E-state index in [2.05, 4.69) is 5.32 Å². The van der Waals surface area contributed by atoms with Gasteiger partial charge in [0.25, 0.3) is 0 Å². The quantitative estimate of drug-likeness (QED) is 0.211. The fraction of sp³-hybridized carbons (Fsp3) is 0. The van der Waals surface area contributed by atoms with Gasteiger partial charge in [-0.2, -0.15) is 0 Å². The molecule has 64 valence electrons. The molecule has 0 bridgehead atoms. The third-order valence-corrected chi connectivity index (χ3v) is 1.28. The summed E-state index contributed by atoms with van der Waals surface area (Å²) in [6.45, 7) is 0. The Bertz CT molecular complexity index is 288. The molecule has 0 saturated heterocycles. The number of hydrazine groups is 1. The molecule has 0 aromatic heterocycles. The van der Waals surface area contributed by atoms with E-state index in [1.807, 2.05) is 5.43 Å². The van der Waals surface area contributed by atoms with Gasteiger partial charge in [0.2, 0.25) is 0 Å². The summed E-state index contributed by atoms with van der Waals surface area (Å²) in [6, 6.07) is 5.79. The number of nitrogens with two attached hydrogens (primary N) is 1. The Morgan fingerprint density at radius 1 is 1.42 bits per heavy atom. The van der Waals surface area contributed by atoms with Crippen LogP contribution in [0.1, 0.15) is 0 Å². The summed E-state index contributed by atoms with van der Waals surface area (Å²) >= 11 is 0. The first kappa shape index (κ1) is 8.35. The number of benzene rings is 1. The minimum Gasteiger partial charge on any atom is -0.506 e. The maximum absolute atomic E-state index is 10.7. The number of urea groups is 1. The van der Waals surface area contributed by atoms with E-state index < -0.39 is 6.03 Å². The highest BCUT2D eigenvalue weighted by Gasteiger charge is 2.01. The maximum Gasteiger partial charge on any atom is 0.333 e. The monoisotopic (exact) mass is 167 g/mol. The number of carbonyl (C=O) groups is 1. The fourth-order valence-corrected chi connectivity index (χ4v) is 0.738. The van der Waals surface area contributed by atoms with Crippen LogP contribution < -0.4 is 16.6 Å². The van der Waals surface area contributed by atoms with Gasteiger partial charge in [-0.1, -0.05) is 12.1 Å². The third-order valence-electron chi connectivity index (χ3n) is 1.28. The van der Waals surface area contributed by atoms with Crippen molar-refractivity contribution >= 4 is 11.7 Å². The number of aromatic hydroxyl groups is 1. The molecule has 0 unspecified atom stereocenters. The van der Waals surface area contributed by atoms with Crippen molar-refractivity contribution < 1.29 is 9.90 Å². The largest absolute Gasteiger partial charge is 0.506 e. The van der Waals surface area contributed by atoms with E-state index in [1.54, 1.807) is 18.2 Å². The third kappa shape index (κ3) is 1.86. The van der Waals surface area contributed by atoms with Gasteiger partial charge in [0.15, 0.2) is 0 Å². The number of para-hydroxylation sites is 2. The van der Waals surface area contributed by atoms with Crippen molar-refractivity contribution in [3.8, 4) is 5.75 Å². The van der Waals surface area contributed by atoms with Crippen LogP contribution in [0.2, 0.25) is 0 Å². The van der Waals surface area contributed by atoms with Crippen molar-refractivity contribution in [1.82, 2.24) is 5.43 Å². The molecule has 0 radical (unpaired) electrons. The Morgan fingerprint density at radius 3 is 2.67 bits per heavy atom. The zero-order valence-electron chi connectivity index (χ0n) is 6.24. The summed E-state index contributed by atoms with van der Waals surface area (Å²) in [6.07, 6.45) is 0. The number of hydrogen-bond donors (Lipinski definition) is 4. The molecule has 1 rings (SSSR count). The molecule has 1 aromatic rings. The topological polar surface area (TPSA) is 87.4 Å². The highest BCUT2D eigenvalue weighted by atomic mass is 16.3. The van der Waals surface area contributed by atoms with E-state index in [0.29, 0.717) is 5.69 Å². The van der Waals surface area contributed by atoms with Crippen LogP contribution in [0.25, 0.3) is 0 Å². The molecular formula is C7H9N3O2. The first-order valence-corrected chi connectivity index (χ1v) is 3.29. The van der Waals surface area contributed by atoms with E-state index in [0.717, 1.165) is 0 Å². The van der Waals surface area contributed by atoms with Crippen molar-refractivity contribution in [1.29, 1.82) is 0 Å². The summed E-state index contributed by atoms with van der Waals surface area (Å²) in [5, 5.41) is 11.5. The number of anilines is 1. The van der Waals surface area contributed by atoms with Crippen LogP contribution in [0.5, 0.6) is 5.75 Å². The number of nitrogens with one attached hydrogen (secondary N) is 2. The van der Waals surface area contributed by atoms with Gasteiger partial charge in [-0.15, -0.1) is 0 Å². The maximum atomic E-state index is 10.7. The van der Waals surface area contributed by atoms with Crippen molar-refractivity contribution in [2.75, 3.05) is 5.32 Å². The average Bonchev–Trinajstić information content (AvgIpc) is 2.09.